The van der Waals surface area contributed by atoms with Gasteiger partial charge in [0, 0.05) is 11.1 Å². The lowest BCUT2D eigenvalue weighted by molar-refractivity contribution is -0.126. The Balaban J connectivity index is 2.99. The third-order valence-electron chi connectivity index (χ3n) is 3.48. The van der Waals surface area contributed by atoms with Crippen LogP contribution in [0, 0.1) is 0 Å². The molecule has 0 atom stereocenters. The molecule has 0 fully saturated rings. The summed E-state index contributed by atoms with van der Waals surface area (Å²) in [5.41, 5.74) is -2.09. The van der Waals surface area contributed by atoms with E-state index in [9.17, 15) is 19.2 Å². The first-order valence-electron chi connectivity index (χ1n) is 5.87. The Kier molecular flexibility index (Phi) is 4.78. The van der Waals surface area contributed by atoms with Crippen molar-refractivity contribution in [2.75, 3.05) is 0 Å². The van der Waals surface area contributed by atoms with Gasteiger partial charge in [-0.15, -0.1) is 0 Å². The number of hydrogen-bond donors (Lipinski definition) is 0. The summed E-state index contributed by atoms with van der Waals surface area (Å²) in [6.07, 6.45) is 2.77. The van der Waals surface area contributed by atoms with Gasteiger partial charge in [-0.1, -0.05) is 12.2 Å². The van der Waals surface area contributed by atoms with E-state index in [1.54, 1.807) is 0 Å². The molecule has 1 aromatic carbocycles. The minimum atomic E-state index is -1.99. The van der Waals surface area contributed by atoms with E-state index in [1.165, 1.54) is 24.3 Å². The molecule has 0 aliphatic heterocycles. The first-order chi connectivity index (χ1) is 10.2. The highest BCUT2D eigenvalue weighted by Gasteiger charge is 2.50. The highest BCUT2D eigenvalue weighted by Crippen LogP contribution is 2.43. The fourth-order valence-electron chi connectivity index (χ4n) is 2.48. The topological polar surface area (TPSA) is 68.3 Å². The third kappa shape index (κ3) is 2.50. The maximum Gasteiger partial charge on any atom is 0.253 e. The Hall–Kier alpha value is -1.20. The Labute approximate surface area is 145 Å². The van der Waals surface area contributed by atoms with Gasteiger partial charge in [0.1, 0.15) is 5.41 Å². The van der Waals surface area contributed by atoms with Crippen LogP contribution in [0.15, 0.2) is 18.2 Å². The second-order valence-electron chi connectivity index (χ2n) is 4.56. The van der Waals surface area contributed by atoms with E-state index in [4.69, 9.17) is 46.4 Å². The fraction of sp³-hybridized carbons (Fsp3) is 0.143. The van der Waals surface area contributed by atoms with Gasteiger partial charge in [0.2, 0.25) is 10.5 Å². The van der Waals surface area contributed by atoms with Crippen molar-refractivity contribution < 1.29 is 19.2 Å². The lowest BCUT2D eigenvalue weighted by Crippen LogP contribution is -2.42. The van der Waals surface area contributed by atoms with E-state index in [0.29, 0.717) is 0 Å². The summed E-state index contributed by atoms with van der Waals surface area (Å²) < 4.78 is 0. The van der Waals surface area contributed by atoms with Crippen molar-refractivity contribution in [3.63, 3.8) is 0 Å². The SMILES string of the molecule is O=C(Cl)c1ccc(C(=O)Cl)c2c1C=CCC2(C(=O)Cl)C(=O)Cl. The molecule has 22 heavy (non-hydrogen) atoms. The summed E-state index contributed by atoms with van der Waals surface area (Å²) in [5, 5.41) is -3.89. The van der Waals surface area contributed by atoms with Crippen LogP contribution in [0.3, 0.4) is 0 Å². The van der Waals surface area contributed by atoms with Crippen molar-refractivity contribution in [3.05, 3.63) is 40.5 Å². The molecule has 4 nitrogen and oxygen atoms in total. The number of fused-ring (bicyclic) bond motifs is 1. The highest BCUT2D eigenvalue weighted by atomic mass is 35.5. The summed E-state index contributed by atoms with van der Waals surface area (Å²) >= 11 is 22.2. The molecule has 0 saturated carbocycles. The summed E-state index contributed by atoms with van der Waals surface area (Å²) in [6, 6.07) is 2.49. The Morgan fingerprint density at radius 2 is 1.36 bits per heavy atom. The van der Waals surface area contributed by atoms with Crippen molar-refractivity contribution in [3.8, 4) is 0 Å². The van der Waals surface area contributed by atoms with E-state index in [2.05, 4.69) is 0 Å². The van der Waals surface area contributed by atoms with Gasteiger partial charge in [0.25, 0.3) is 10.5 Å². The zero-order chi connectivity index (χ0) is 16.7. The minimum Gasteiger partial charge on any atom is -0.280 e. The van der Waals surface area contributed by atoms with Gasteiger partial charge >= 0.3 is 0 Å². The van der Waals surface area contributed by atoms with Crippen molar-refractivity contribution in [1.82, 2.24) is 0 Å². The average molecular weight is 380 g/mol. The number of rotatable bonds is 4. The van der Waals surface area contributed by atoms with Crippen LogP contribution in [0.5, 0.6) is 0 Å². The smallest absolute Gasteiger partial charge is 0.253 e. The van der Waals surface area contributed by atoms with Gasteiger partial charge in [-0.05, 0) is 76.1 Å². The van der Waals surface area contributed by atoms with Crippen molar-refractivity contribution in [1.29, 1.82) is 0 Å². The molecule has 0 radical (unpaired) electrons. The molecule has 0 N–H and O–H groups in total. The van der Waals surface area contributed by atoms with Crippen LogP contribution in [0.2, 0.25) is 0 Å². The number of benzene rings is 1. The highest BCUT2D eigenvalue weighted by molar-refractivity contribution is 6.76. The van der Waals surface area contributed by atoms with Crippen LogP contribution in [0.25, 0.3) is 6.08 Å². The molecule has 0 saturated heterocycles. The summed E-state index contributed by atoms with van der Waals surface area (Å²) in [5.74, 6) is 0. The van der Waals surface area contributed by atoms with Gasteiger partial charge in [-0.3, -0.25) is 19.2 Å². The number of carbonyl (C=O) groups is 4. The molecule has 1 aliphatic carbocycles. The van der Waals surface area contributed by atoms with Crippen LogP contribution in [0.4, 0.5) is 0 Å². The first-order valence-corrected chi connectivity index (χ1v) is 7.38. The molecule has 0 unspecified atom stereocenters. The Morgan fingerprint density at radius 1 is 0.864 bits per heavy atom. The molecular formula is C14H6Cl4O4. The van der Waals surface area contributed by atoms with Gasteiger partial charge in [0.05, 0.1) is 0 Å². The monoisotopic (exact) mass is 378 g/mol. The maximum absolute atomic E-state index is 11.9. The van der Waals surface area contributed by atoms with Crippen molar-refractivity contribution >= 4 is 73.4 Å². The predicted octanol–water partition coefficient (Wildman–Crippen LogP) is 3.63. The van der Waals surface area contributed by atoms with Gasteiger partial charge < -0.3 is 0 Å². The Bertz CT molecular complexity index is 737. The minimum absolute atomic E-state index is 0.00879. The second kappa shape index (κ2) is 6.13. The summed E-state index contributed by atoms with van der Waals surface area (Å²) in [6.45, 7) is 0. The van der Waals surface area contributed by atoms with E-state index < -0.39 is 26.4 Å². The molecule has 0 aromatic heterocycles. The van der Waals surface area contributed by atoms with E-state index in [0.717, 1.165) is 0 Å². The molecule has 0 heterocycles. The molecule has 0 bridgehead atoms. The summed E-state index contributed by atoms with van der Waals surface area (Å²) in [4.78, 5) is 47.0. The molecule has 1 aromatic rings. The number of allylic oxidation sites excluding steroid dienone is 1. The molecule has 0 amide bonds. The quantitative estimate of drug-likeness (QED) is 0.591. The standard InChI is InChI=1S/C14H6Cl4O4/c15-10(19)7-3-4-8(11(16)20)9-6(7)2-1-5-14(9,12(17)21)13(18)22/h1-4H,5H2. The van der Waals surface area contributed by atoms with Crippen LogP contribution in [0.1, 0.15) is 38.3 Å². The van der Waals surface area contributed by atoms with Gasteiger partial charge in [-0.2, -0.15) is 0 Å². The lowest BCUT2D eigenvalue weighted by atomic mass is 9.71. The zero-order valence-corrected chi connectivity index (χ0v) is 13.7. The lowest BCUT2D eigenvalue weighted by Gasteiger charge is -2.32. The zero-order valence-electron chi connectivity index (χ0n) is 10.7. The third-order valence-corrected chi connectivity index (χ3v) is 4.53. The van der Waals surface area contributed by atoms with E-state index in [-0.39, 0.29) is 28.7 Å². The van der Waals surface area contributed by atoms with Crippen LogP contribution in [-0.2, 0) is 15.0 Å². The fourth-order valence-corrected chi connectivity index (χ4v) is 3.36. The molecule has 1 aliphatic rings. The normalized spacial score (nSPS) is 15.1. The van der Waals surface area contributed by atoms with Crippen LogP contribution in [-0.4, -0.2) is 21.0 Å². The molecule has 8 heteroatoms. The Morgan fingerprint density at radius 3 is 1.82 bits per heavy atom. The van der Waals surface area contributed by atoms with Gasteiger partial charge in [0.15, 0.2) is 0 Å². The molecule has 2 rings (SSSR count). The van der Waals surface area contributed by atoms with Crippen LogP contribution >= 0.6 is 46.4 Å². The number of halogens is 4. The van der Waals surface area contributed by atoms with Crippen molar-refractivity contribution in [2.45, 2.75) is 11.8 Å². The maximum atomic E-state index is 11.9. The van der Waals surface area contributed by atoms with Gasteiger partial charge in [-0.25, -0.2) is 0 Å². The van der Waals surface area contributed by atoms with E-state index in [1.807, 2.05) is 0 Å². The molecular weight excluding hydrogens is 374 g/mol. The number of carbonyl (C=O) groups excluding carboxylic acids is 4. The molecule has 0 spiro atoms. The molecule has 114 valence electrons. The second-order valence-corrected chi connectivity index (χ2v) is 5.93. The average Bonchev–Trinajstić information content (AvgIpc) is 2.44. The van der Waals surface area contributed by atoms with E-state index >= 15 is 0 Å². The first kappa shape index (κ1) is 17.2. The summed E-state index contributed by atoms with van der Waals surface area (Å²) in [7, 11) is 0. The predicted molar refractivity (Wildman–Crippen MR) is 83.9 cm³/mol. The number of hydrogen-bond acceptors (Lipinski definition) is 4. The largest absolute Gasteiger partial charge is 0.280 e. The van der Waals surface area contributed by atoms with Crippen molar-refractivity contribution in [2.24, 2.45) is 0 Å². The van der Waals surface area contributed by atoms with Crippen LogP contribution < -0.4 is 0 Å².